The molecular weight excluding hydrogens is 302 g/mol. The van der Waals surface area contributed by atoms with Crippen molar-refractivity contribution in [3.63, 3.8) is 0 Å². The fourth-order valence-electron chi connectivity index (χ4n) is 2.16. The highest BCUT2D eigenvalue weighted by Gasteiger charge is 2.22. The van der Waals surface area contributed by atoms with Crippen LogP contribution in [0, 0.1) is 0 Å². The molecule has 0 saturated heterocycles. The van der Waals surface area contributed by atoms with E-state index < -0.39 is 0 Å². The van der Waals surface area contributed by atoms with Crippen molar-refractivity contribution >= 4 is 23.4 Å². The van der Waals surface area contributed by atoms with Crippen LogP contribution in [0.3, 0.4) is 0 Å². The van der Waals surface area contributed by atoms with Crippen molar-refractivity contribution in [1.82, 2.24) is 35.2 Å². The maximum absolute atomic E-state index is 5.82. The Morgan fingerprint density at radius 2 is 2.05 bits per heavy atom. The van der Waals surface area contributed by atoms with Crippen LogP contribution in [0.2, 0.25) is 5.28 Å². The Balaban J connectivity index is 1.84. The first-order valence-electron chi connectivity index (χ1n) is 6.17. The van der Waals surface area contributed by atoms with Crippen LogP contribution >= 0.6 is 23.4 Å². The van der Waals surface area contributed by atoms with Gasteiger partial charge in [-0.2, -0.15) is 15.0 Å². The summed E-state index contributed by atoms with van der Waals surface area (Å²) in [6.45, 7) is 0. The van der Waals surface area contributed by atoms with Gasteiger partial charge in [-0.15, -0.1) is 5.10 Å². The first kappa shape index (κ1) is 13.5. The van der Waals surface area contributed by atoms with Crippen LogP contribution in [0.4, 0.5) is 0 Å². The highest BCUT2D eigenvalue weighted by atomic mass is 35.5. The average Bonchev–Trinajstić information content (AvgIpc) is 3.08. The second-order valence-electron chi connectivity index (χ2n) is 4.32. The van der Waals surface area contributed by atoms with E-state index in [2.05, 4.69) is 30.5 Å². The molecule has 0 amide bonds. The largest absolute Gasteiger partial charge is 0.467 e. The lowest BCUT2D eigenvalue weighted by atomic mass is 10.3. The minimum atomic E-state index is 0.0826. The summed E-state index contributed by atoms with van der Waals surface area (Å²) in [7, 11) is 1.47. The van der Waals surface area contributed by atoms with Gasteiger partial charge in [0.1, 0.15) is 0 Å². The summed E-state index contributed by atoms with van der Waals surface area (Å²) in [6.07, 6.45) is 4.61. The smallest absolute Gasteiger partial charge is 0.321 e. The number of aromatic nitrogens is 7. The van der Waals surface area contributed by atoms with Crippen LogP contribution in [0.5, 0.6) is 6.01 Å². The van der Waals surface area contributed by atoms with Gasteiger partial charge < -0.3 is 4.74 Å². The molecule has 0 aromatic carbocycles. The maximum Gasteiger partial charge on any atom is 0.321 e. The molecule has 1 aliphatic rings. The molecule has 106 valence electrons. The Hall–Kier alpha value is -1.48. The molecule has 2 heterocycles. The van der Waals surface area contributed by atoms with Crippen LogP contribution in [-0.4, -0.2) is 42.3 Å². The molecule has 0 spiro atoms. The van der Waals surface area contributed by atoms with E-state index in [4.69, 9.17) is 16.3 Å². The first-order chi connectivity index (χ1) is 9.76. The van der Waals surface area contributed by atoms with Gasteiger partial charge >= 0.3 is 6.01 Å². The van der Waals surface area contributed by atoms with Gasteiger partial charge in [-0.3, -0.25) is 0 Å². The van der Waals surface area contributed by atoms with Gasteiger partial charge in [-0.05, 0) is 46.6 Å². The van der Waals surface area contributed by atoms with Gasteiger partial charge in [-0.1, -0.05) is 12.8 Å². The molecule has 1 fully saturated rings. The normalized spacial score (nSPS) is 15.7. The minimum absolute atomic E-state index is 0.0826. The number of halogens is 1. The predicted molar refractivity (Wildman–Crippen MR) is 70.8 cm³/mol. The number of tetrazole rings is 1. The molecule has 0 radical (unpaired) electrons. The van der Waals surface area contributed by atoms with Gasteiger partial charge in [0.15, 0.2) is 0 Å². The maximum atomic E-state index is 5.82. The average molecular weight is 314 g/mol. The van der Waals surface area contributed by atoms with E-state index in [1.54, 1.807) is 0 Å². The molecule has 0 aliphatic heterocycles. The van der Waals surface area contributed by atoms with E-state index in [1.165, 1.54) is 31.7 Å². The summed E-state index contributed by atoms with van der Waals surface area (Å²) < 4.78 is 6.80. The summed E-state index contributed by atoms with van der Waals surface area (Å²) in [4.78, 5) is 12.0. The lowest BCUT2D eigenvalue weighted by molar-refractivity contribution is 0.372. The molecule has 0 atom stereocenters. The van der Waals surface area contributed by atoms with Crippen molar-refractivity contribution < 1.29 is 4.74 Å². The second kappa shape index (κ2) is 5.88. The zero-order valence-corrected chi connectivity index (χ0v) is 12.3. The first-order valence-corrected chi connectivity index (χ1v) is 7.37. The molecule has 8 nitrogen and oxygen atoms in total. The summed E-state index contributed by atoms with van der Waals surface area (Å²) in [6, 6.07) is 0.527. The Morgan fingerprint density at radius 3 is 2.80 bits per heavy atom. The summed E-state index contributed by atoms with van der Waals surface area (Å²) >= 11 is 7.07. The number of rotatable bonds is 4. The van der Waals surface area contributed by atoms with E-state index >= 15 is 0 Å². The number of ether oxygens (including phenoxy) is 1. The topological polar surface area (TPSA) is 91.5 Å². The van der Waals surface area contributed by atoms with E-state index in [1.807, 2.05) is 4.68 Å². The lowest BCUT2D eigenvalue weighted by Crippen LogP contribution is -2.08. The van der Waals surface area contributed by atoms with Crippen molar-refractivity contribution in [2.45, 2.75) is 42.0 Å². The number of methoxy groups -OCH3 is 1. The molecule has 2 aromatic heterocycles. The summed E-state index contributed by atoms with van der Waals surface area (Å²) in [5, 5.41) is 13.0. The van der Waals surface area contributed by atoms with Crippen LogP contribution in [-0.2, 0) is 0 Å². The van der Waals surface area contributed by atoms with Gasteiger partial charge in [-0.25, -0.2) is 4.68 Å². The van der Waals surface area contributed by atoms with E-state index in [0.717, 1.165) is 12.8 Å². The predicted octanol–water partition coefficient (Wildman–Crippen LogP) is 1.79. The Bertz CT molecular complexity index is 601. The number of nitrogens with zero attached hydrogens (tertiary/aromatic N) is 7. The minimum Gasteiger partial charge on any atom is -0.467 e. The fraction of sp³-hybridized carbons (Fsp3) is 0.600. The SMILES string of the molecule is COc1nc(Cl)nc(Sc2nnnn2C2CCCC2)n1. The van der Waals surface area contributed by atoms with Crippen LogP contribution < -0.4 is 4.74 Å². The number of hydrogen-bond acceptors (Lipinski definition) is 8. The van der Waals surface area contributed by atoms with Crippen molar-refractivity contribution in [2.75, 3.05) is 7.11 Å². The quantitative estimate of drug-likeness (QED) is 0.843. The third-order valence-corrected chi connectivity index (χ3v) is 4.05. The van der Waals surface area contributed by atoms with E-state index in [-0.39, 0.29) is 11.3 Å². The number of hydrogen-bond donors (Lipinski definition) is 0. The van der Waals surface area contributed by atoms with Crippen molar-refractivity contribution in [1.29, 1.82) is 0 Å². The van der Waals surface area contributed by atoms with Crippen LogP contribution in [0.15, 0.2) is 10.3 Å². The van der Waals surface area contributed by atoms with E-state index in [0.29, 0.717) is 16.4 Å². The molecule has 0 unspecified atom stereocenters. The molecule has 2 aromatic rings. The van der Waals surface area contributed by atoms with E-state index in [9.17, 15) is 0 Å². The molecule has 3 rings (SSSR count). The molecule has 10 heteroatoms. The fourth-order valence-corrected chi connectivity index (χ4v) is 3.14. The van der Waals surface area contributed by atoms with Crippen molar-refractivity contribution in [2.24, 2.45) is 0 Å². The third kappa shape index (κ3) is 2.83. The second-order valence-corrected chi connectivity index (χ2v) is 5.59. The van der Waals surface area contributed by atoms with Gasteiger partial charge in [0.05, 0.1) is 13.2 Å². The van der Waals surface area contributed by atoms with Crippen LogP contribution in [0.1, 0.15) is 31.7 Å². The highest BCUT2D eigenvalue weighted by molar-refractivity contribution is 7.99. The Labute approximate surface area is 124 Å². The zero-order chi connectivity index (χ0) is 13.9. The lowest BCUT2D eigenvalue weighted by Gasteiger charge is -2.10. The Morgan fingerprint density at radius 1 is 1.25 bits per heavy atom. The molecule has 0 bridgehead atoms. The zero-order valence-electron chi connectivity index (χ0n) is 10.7. The van der Waals surface area contributed by atoms with Crippen LogP contribution in [0.25, 0.3) is 0 Å². The summed E-state index contributed by atoms with van der Waals surface area (Å²) in [5.74, 6) is 0. The summed E-state index contributed by atoms with van der Waals surface area (Å²) in [5.41, 5.74) is 0. The highest BCUT2D eigenvalue weighted by Crippen LogP contribution is 2.33. The van der Waals surface area contributed by atoms with Gasteiger partial charge in [0.25, 0.3) is 0 Å². The molecule has 1 aliphatic carbocycles. The Kier molecular flexibility index (Phi) is 3.97. The standard InChI is InChI=1S/C10H12ClN7OS/c1-19-8-12-7(11)13-9(14-8)20-10-15-16-17-18(10)6-4-2-3-5-6/h6H,2-5H2,1H3. The van der Waals surface area contributed by atoms with Gasteiger partial charge in [0.2, 0.25) is 15.6 Å². The molecule has 1 saturated carbocycles. The molecular formula is C10H12ClN7OS. The molecule has 20 heavy (non-hydrogen) atoms. The third-order valence-electron chi connectivity index (χ3n) is 3.07. The van der Waals surface area contributed by atoms with Crippen molar-refractivity contribution in [3.05, 3.63) is 5.28 Å². The van der Waals surface area contributed by atoms with Crippen molar-refractivity contribution in [3.8, 4) is 6.01 Å². The molecule has 0 N–H and O–H groups in total. The van der Waals surface area contributed by atoms with Gasteiger partial charge in [0, 0.05) is 0 Å². The monoisotopic (exact) mass is 313 g/mol.